The molecule has 0 aromatic heterocycles. The molecule has 2 aliphatic rings. The van der Waals surface area contributed by atoms with E-state index in [4.69, 9.17) is 9.47 Å². The van der Waals surface area contributed by atoms with Gasteiger partial charge in [-0.15, -0.1) is 0 Å². The Morgan fingerprint density at radius 3 is 2.87 bits per heavy atom. The van der Waals surface area contributed by atoms with Crippen molar-refractivity contribution >= 4 is 0 Å². The molecule has 88 valence electrons. The predicted molar refractivity (Wildman–Crippen MR) is 59.9 cm³/mol. The Morgan fingerprint density at radius 2 is 2.27 bits per heavy atom. The van der Waals surface area contributed by atoms with Gasteiger partial charge in [0.05, 0.1) is 6.61 Å². The fraction of sp³-hybridized carbons (Fsp3) is 1.00. The van der Waals surface area contributed by atoms with E-state index in [9.17, 15) is 0 Å². The predicted octanol–water partition coefficient (Wildman–Crippen LogP) is 1.43. The molecule has 0 aromatic carbocycles. The van der Waals surface area contributed by atoms with Gasteiger partial charge in [0, 0.05) is 26.4 Å². The van der Waals surface area contributed by atoms with E-state index in [2.05, 4.69) is 5.32 Å². The van der Waals surface area contributed by atoms with Crippen molar-refractivity contribution in [2.75, 3.05) is 33.5 Å². The van der Waals surface area contributed by atoms with E-state index in [1.54, 1.807) is 7.11 Å². The smallest absolute Gasteiger partial charge is 0.0618 e. The van der Waals surface area contributed by atoms with Crippen LogP contribution >= 0.6 is 0 Å². The van der Waals surface area contributed by atoms with Crippen molar-refractivity contribution in [3.63, 3.8) is 0 Å². The van der Waals surface area contributed by atoms with E-state index in [0.717, 1.165) is 38.2 Å². The highest BCUT2D eigenvalue weighted by molar-refractivity contribution is 4.86. The van der Waals surface area contributed by atoms with E-state index < -0.39 is 0 Å². The molecular weight excluding hydrogens is 190 g/mol. The summed E-state index contributed by atoms with van der Waals surface area (Å²) >= 11 is 0. The van der Waals surface area contributed by atoms with E-state index >= 15 is 0 Å². The molecule has 1 aliphatic carbocycles. The van der Waals surface area contributed by atoms with Gasteiger partial charge in [-0.25, -0.2) is 0 Å². The maximum atomic E-state index is 5.37. The Kier molecular flexibility index (Phi) is 4.42. The van der Waals surface area contributed by atoms with Crippen LogP contribution < -0.4 is 5.32 Å². The lowest BCUT2D eigenvalue weighted by atomic mass is 10.0. The van der Waals surface area contributed by atoms with Crippen LogP contribution in [0.15, 0.2) is 0 Å². The van der Waals surface area contributed by atoms with Crippen LogP contribution in [0.4, 0.5) is 0 Å². The number of hydrogen-bond acceptors (Lipinski definition) is 3. The third kappa shape index (κ3) is 3.74. The SMILES string of the molecule is COCC(NCCC1CCOC1)C1CC1. The maximum Gasteiger partial charge on any atom is 0.0618 e. The summed E-state index contributed by atoms with van der Waals surface area (Å²) in [5.74, 6) is 1.67. The van der Waals surface area contributed by atoms with Crippen LogP contribution in [0.3, 0.4) is 0 Å². The highest BCUT2D eigenvalue weighted by atomic mass is 16.5. The van der Waals surface area contributed by atoms with Crippen molar-refractivity contribution in [3.05, 3.63) is 0 Å². The van der Waals surface area contributed by atoms with Crippen molar-refractivity contribution in [1.82, 2.24) is 5.32 Å². The summed E-state index contributed by atoms with van der Waals surface area (Å²) in [5.41, 5.74) is 0. The fourth-order valence-electron chi connectivity index (χ4n) is 2.32. The van der Waals surface area contributed by atoms with E-state index in [-0.39, 0.29) is 0 Å². The van der Waals surface area contributed by atoms with E-state index in [0.29, 0.717) is 6.04 Å². The van der Waals surface area contributed by atoms with Crippen LogP contribution in [0.2, 0.25) is 0 Å². The van der Waals surface area contributed by atoms with Crippen LogP contribution in [0.1, 0.15) is 25.7 Å². The van der Waals surface area contributed by atoms with Gasteiger partial charge in [0.15, 0.2) is 0 Å². The molecule has 3 heteroatoms. The van der Waals surface area contributed by atoms with Crippen LogP contribution in [-0.4, -0.2) is 39.5 Å². The third-order valence-corrected chi connectivity index (χ3v) is 3.52. The quantitative estimate of drug-likeness (QED) is 0.694. The molecular formula is C12H23NO2. The molecule has 0 amide bonds. The minimum atomic E-state index is 0.595. The van der Waals surface area contributed by atoms with Crippen LogP contribution in [0, 0.1) is 11.8 Å². The summed E-state index contributed by atoms with van der Waals surface area (Å²) < 4.78 is 10.6. The molecule has 3 nitrogen and oxygen atoms in total. The molecule has 1 N–H and O–H groups in total. The Morgan fingerprint density at radius 1 is 1.40 bits per heavy atom. The minimum Gasteiger partial charge on any atom is -0.383 e. The van der Waals surface area contributed by atoms with Gasteiger partial charge in [0.25, 0.3) is 0 Å². The van der Waals surface area contributed by atoms with Gasteiger partial charge in [-0.3, -0.25) is 0 Å². The first-order valence-electron chi connectivity index (χ1n) is 6.20. The maximum absolute atomic E-state index is 5.37. The summed E-state index contributed by atoms with van der Waals surface area (Å²) in [4.78, 5) is 0. The molecule has 1 aliphatic heterocycles. The Labute approximate surface area is 92.5 Å². The molecule has 1 saturated carbocycles. The molecule has 0 spiro atoms. The molecule has 15 heavy (non-hydrogen) atoms. The molecule has 0 aromatic rings. The van der Waals surface area contributed by atoms with Gasteiger partial charge in [0.1, 0.15) is 0 Å². The van der Waals surface area contributed by atoms with Gasteiger partial charge in [0.2, 0.25) is 0 Å². The van der Waals surface area contributed by atoms with Crippen LogP contribution in [-0.2, 0) is 9.47 Å². The summed E-state index contributed by atoms with van der Waals surface area (Å²) in [6.45, 7) is 3.93. The van der Waals surface area contributed by atoms with Gasteiger partial charge in [-0.05, 0) is 44.1 Å². The fourth-order valence-corrected chi connectivity index (χ4v) is 2.32. The topological polar surface area (TPSA) is 30.5 Å². The number of methoxy groups -OCH3 is 1. The van der Waals surface area contributed by atoms with Gasteiger partial charge >= 0.3 is 0 Å². The molecule has 2 atom stereocenters. The second kappa shape index (κ2) is 5.83. The van der Waals surface area contributed by atoms with Crippen molar-refractivity contribution in [3.8, 4) is 0 Å². The zero-order valence-corrected chi connectivity index (χ0v) is 9.71. The largest absolute Gasteiger partial charge is 0.383 e. The Hall–Kier alpha value is -0.120. The summed E-state index contributed by atoms with van der Waals surface area (Å²) in [6, 6.07) is 0.595. The normalized spacial score (nSPS) is 28.2. The zero-order chi connectivity index (χ0) is 10.5. The molecule has 1 heterocycles. The van der Waals surface area contributed by atoms with Crippen molar-refractivity contribution < 1.29 is 9.47 Å². The van der Waals surface area contributed by atoms with Crippen LogP contribution in [0.5, 0.6) is 0 Å². The lowest BCUT2D eigenvalue weighted by molar-refractivity contribution is 0.155. The Balaban J connectivity index is 1.57. The first kappa shape index (κ1) is 11.4. The van der Waals surface area contributed by atoms with Gasteiger partial charge < -0.3 is 14.8 Å². The lowest BCUT2D eigenvalue weighted by Crippen LogP contribution is -2.36. The van der Waals surface area contributed by atoms with Gasteiger partial charge in [-0.2, -0.15) is 0 Å². The van der Waals surface area contributed by atoms with Crippen LogP contribution in [0.25, 0.3) is 0 Å². The van der Waals surface area contributed by atoms with E-state index in [1.165, 1.54) is 25.7 Å². The average molecular weight is 213 g/mol. The van der Waals surface area contributed by atoms with Gasteiger partial charge in [-0.1, -0.05) is 0 Å². The third-order valence-electron chi connectivity index (χ3n) is 3.52. The molecule has 0 bridgehead atoms. The molecule has 2 unspecified atom stereocenters. The summed E-state index contributed by atoms with van der Waals surface area (Å²) in [7, 11) is 1.79. The minimum absolute atomic E-state index is 0.595. The highest BCUT2D eigenvalue weighted by Crippen LogP contribution is 2.32. The number of rotatable bonds is 7. The monoisotopic (exact) mass is 213 g/mol. The Bertz CT molecular complexity index is 176. The zero-order valence-electron chi connectivity index (χ0n) is 9.71. The van der Waals surface area contributed by atoms with Crippen molar-refractivity contribution in [2.45, 2.75) is 31.7 Å². The second-order valence-electron chi connectivity index (χ2n) is 4.87. The molecule has 0 radical (unpaired) electrons. The number of nitrogens with one attached hydrogen (secondary N) is 1. The lowest BCUT2D eigenvalue weighted by Gasteiger charge is -2.18. The standard InChI is InChI=1S/C12H23NO2/c1-14-9-12(11-2-3-11)13-6-4-10-5-7-15-8-10/h10-13H,2-9H2,1H3. The average Bonchev–Trinajstić information content (AvgIpc) is 2.96. The van der Waals surface area contributed by atoms with Crippen molar-refractivity contribution in [2.24, 2.45) is 11.8 Å². The first-order chi connectivity index (χ1) is 7.40. The van der Waals surface area contributed by atoms with Crippen molar-refractivity contribution in [1.29, 1.82) is 0 Å². The summed E-state index contributed by atoms with van der Waals surface area (Å²) in [6.07, 6.45) is 5.27. The number of ether oxygens (including phenoxy) is 2. The van der Waals surface area contributed by atoms with E-state index in [1.807, 2.05) is 0 Å². The molecule has 1 saturated heterocycles. The second-order valence-corrected chi connectivity index (χ2v) is 4.87. The highest BCUT2D eigenvalue weighted by Gasteiger charge is 2.30. The molecule has 2 rings (SSSR count). The molecule has 2 fully saturated rings. The first-order valence-corrected chi connectivity index (χ1v) is 6.20. The number of hydrogen-bond donors (Lipinski definition) is 1. The summed E-state index contributed by atoms with van der Waals surface area (Å²) in [5, 5.41) is 3.63.